The number of carbonyl (C=O) groups excluding carboxylic acids is 1. The lowest BCUT2D eigenvalue weighted by Gasteiger charge is -2.39. The number of para-hydroxylation sites is 2. The zero-order valence-corrected chi connectivity index (χ0v) is 23.2. The monoisotopic (exact) mass is 499 g/mol. The zero-order valence-electron chi connectivity index (χ0n) is 23.2. The number of nitrogens with one attached hydrogen (secondary N) is 1. The predicted octanol–water partition coefficient (Wildman–Crippen LogP) is 5.28. The molecule has 2 bridgehead atoms. The number of nitrogens with zero attached hydrogens (tertiary/aromatic N) is 2. The molecule has 0 spiro atoms. The van der Waals surface area contributed by atoms with Crippen molar-refractivity contribution in [2.45, 2.75) is 83.9 Å². The van der Waals surface area contributed by atoms with Crippen LogP contribution < -0.4 is 15.0 Å². The summed E-state index contributed by atoms with van der Waals surface area (Å²) in [7, 11) is 3.67. The fourth-order valence-corrected chi connectivity index (χ4v) is 5.51. The van der Waals surface area contributed by atoms with E-state index in [-0.39, 0.29) is 0 Å². The molecule has 6 heteroatoms. The number of fused-ring (bicyclic) bond motifs is 2. The third-order valence-electron chi connectivity index (χ3n) is 7.47. The minimum Gasteiger partial charge on any atom is -0.495 e. The predicted molar refractivity (Wildman–Crippen MR) is 149 cm³/mol. The van der Waals surface area contributed by atoms with Crippen LogP contribution in [0, 0.1) is 11.8 Å². The molecule has 0 aromatic heterocycles. The lowest BCUT2D eigenvalue weighted by atomic mass is 9.99. The Morgan fingerprint density at radius 3 is 2.42 bits per heavy atom. The third-order valence-corrected chi connectivity index (χ3v) is 7.47. The summed E-state index contributed by atoms with van der Waals surface area (Å²) in [4.78, 5) is 16.1. The highest BCUT2D eigenvalue weighted by molar-refractivity contribution is 5.74. The Hall–Kier alpha value is -1.89. The van der Waals surface area contributed by atoms with Gasteiger partial charge in [0.2, 0.25) is 0 Å². The molecule has 2 unspecified atom stereocenters. The van der Waals surface area contributed by atoms with Gasteiger partial charge in [0.25, 0.3) is 0 Å². The number of carbonyl (C=O) groups is 1. The minimum atomic E-state index is 0.475. The molecule has 2 aliphatic heterocycles. The standard InChI is InChI=1S/C25H36N2O3.C5H13N/c1-19(17-28)16-26(24-6-3-4-7-25(24)29-2)12-5-13-27-21-10-11-22(27)15-23(14-21)30-18-20-8-9-20;1-5(2)4-6-3/h3-4,6-7,16-17,20-23H,5,8-15,18H2,1-2H3;5-6H,4H2,1-3H3/b19-16+;. The van der Waals surface area contributed by atoms with Crippen molar-refractivity contribution in [2.75, 3.05) is 45.3 Å². The number of ether oxygens (including phenoxy) is 2. The number of piperidine rings is 1. The van der Waals surface area contributed by atoms with E-state index < -0.39 is 0 Å². The molecule has 2 saturated heterocycles. The van der Waals surface area contributed by atoms with Crippen LogP contribution in [0.15, 0.2) is 36.0 Å². The van der Waals surface area contributed by atoms with Crippen molar-refractivity contribution in [3.05, 3.63) is 36.0 Å². The number of hydrogen-bond donors (Lipinski definition) is 1. The number of hydrogen-bond acceptors (Lipinski definition) is 6. The summed E-state index contributed by atoms with van der Waals surface area (Å²) in [5.74, 6) is 2.47. The van der Waals surface area contributed by atoms with Gasteiger partial charge in [-0.25, -0.2) is 0 Å². The van der Waals surface area contributed by atoms with Gasteiger partial charge in [0.15, 0.2) is 0 Å². The summed E-state index contributed by atoms with van der Waals surface area (Å²) >= 11 is 0. The molecule has 1 N–H and O–H groups in total. The van der Waals surface area contributed by atoms with E-state index in [0.29, 0.717) is 18.2 Å². The Morgan fingerprint density at radius 1 is 1.17 bits per heavy atom. The second-order valence-electron chi connectivity index (χ2n) is 11.2. The minimum absolute atomic E-state index is 0.475. The molecule has 4 rings (SSSR count). The summed E-state index contributed by atoms with van der Waals surface area (Å²) in [6.45, 7) is 10.3. The van der Waals surface area contributed by atoms with E-state index in [4.69, 9.17) is 9.47 Å². The SMILES string of the molecule is CNCC(C)C.COc1ccccc1N(/C=C(\C)C=O)CCCN1C2CCC1CC(OCC1CC1)C2. The molecular formula is C30H49N3O3. The van der Waals surface area contributed by atoms with Crippen molar-refractivity contribution >= 4 is 12.0 Å². The van der Waals surface area contributed by atoms with Crippen LogP contribution in [-0.4, -0.2) is 69.8 Å². The molecule has 6 nitrogen and oxygen atoms in total. The van der Waals surface area contributed by atoms with Crippen molar-refractivity contribution in [1.29, 1.82) is 0 Å². The number of methoxy groups -OCH3 is 1. The number of aldehydes is 1. The maximum Gasteiger partial charge on any atom is 0.147 e. The van der Waals surface area contributed by atoms with Gasteiger partial charge in [0.1, 0.15) is 12.0 Å². The Kier molecular flexibility index (Phi) is 11.7. The molecule has 0 amide bonds. The van der Waals surface area contributed by atoms with E-state index in [1.54, 1.807) is 7.11 Å². The fraction of sp³-hybridized carbons (Fsp3) is 0.700. The summed E-state index contributed by atoms with van der Waals surface area (Å²) in [5.41, 5.74) is 1.73. The summed E-state index contributed by atoms with van der Waals surface area (Å²) < 4.78 is 11.8. The second-order valence-corrected chi connectivity index (χ2v) is 11.2. The number of anilines is 1. The second kappa shape index (κ2) is 14.7. The molecule has 202 valence electrons. The first kappa shape index (κ1) is 28.7. The first-order chi connectivity index (χ1) is 17.4. The van der Waals surface area contributed by atoms with Crippen molar-refractivity contribution < 1.29 is 14.3 Å². The first-order valence-corrected chi connectivity index (χ1v) is 14.0. The van der Waals surface area contributed by atoms with Gasteiger partial charge in [-0.05, 0) is 89.4 Å². The van der Waals surface area contributed by atoms with Crippen LogP contribution in [0.2, 0.25) is 0 Å². The summed E-state index contributed by atoms with van der Waals surface area (Å²) in [5, 5.41) is 3.07. The third kappa shape index (κ3) is 8.89. The highest BCUT2D eigenvalue weighted by Crippen LogP contribution is 2.38. The summed E-state index contributed by atoms with van der Waals surface area (Å²) in [6.07, 6.45) is 12.1. The van der Waals surface area contributed by atoms with Crippen LogP contribution in [0.1, 0.15) is 65.7 Å². The van der Waals surface area contributed by atoms with Gasteiger partial charge in [-0.15, -0.1) is 0 Å². The van der Waals surface area contributed by atoms with E-state index in [0.717, 1.165) is 67.8 Å². The van der Waals surface area contributed by atoms with E-state index in [9.17, 15) is 4.79 Å². The number of rotatable bonds is 13. The molecule has 1 aromatic rings. The van der Waals surface area contributed by atoms with E-state index in [2.05, 4.69) is 35.0 Å². The van der Waals surface area contributed by atoms with Crippen LogP contribution in [-0.2, 0) is 9.53 Å². The van der Waals surface area contributed by atoms with Gasteiger partial charge in [-0.1, -0.05) is 26.0 Å². The molecule has 1 saturated carbocycles. The molecule has 3 aliphatic rings. The quantitative estimate of drug-likeness (QED) is 0.294. The molecular weight excluding hydrogens is 450 g/mol. The topological polar surface area (TPSA) is 54.0 Å². The Labute approximate surface area is 219 Å². The normalized spacial score (nSPS) is 23.8. The molecule has 1 aromatic carbocycles. The van der Waals surface area contributed by atoms with Crippen molar-refractivity contribution in [3.8, 4) is 5.75 Å². The van der Waals surface area contributed by atoms with E-state index in [1.165, 1.54) is 38.5 Å². The number of benzene rings is 1. The van der Waals surface area contributed by atoms with Crippen molar-refractivity contribution in [2.24, 2.45) is 11.8 Å². The first-order valence-electron chi connectivity index (χ1n) is 14.0. The average molecular weight is 500 g/mol. The zero-order chi connectivity index (χ0) is 25.9. The lowest BCUT2D eigenvalue weighted by molar-refractivity contribution is -0.104. The van der Waals surface area contributed by atoms with E-state index >= 15 is 0 Å². The molecule has 1 aliphatic carbocycles. The van der Waals surface area contributed by atoms with Gasteiger partial charge in [0, 0.05) is 43.6 Å². The van der Waals surface area contributed by atoms with Crippen LogP contribution in [0.4, 0.5) is 5.69 Å². The average Bonchev–Trinajstić information content (AvgIpc) is 3.67. The number of allylic oxidation sites excluding steroid dienone is 1. The highest BCUT2D eigenvalue weighted by Gasteiger charge is 2.41. The van der Waals surface area contributed by atoms with Gasteiger partial charge in [-0.3, -0.25) is 9.69 Å². The Bertz CT molecular complexity index is 809. The highest BCUT2D eigenvalue weighted by atomic mass is 16.5. The van der Waals surface area contributed by atoms with Crippen molar-refractivity contribution in [3.63, 3.8) is 0 Å². The smallest absolute Gasteiger partial charge is 0.147 e. The molecule has 2 atom stereocenters. The molecule has 2 heterocycles. The maximum absolute atomic E-state index is 11.2. The molecule has 0 radical (unpaired) electrons. The van der Waals surface area contributed by atoms with Crippen molar-refractivity contribution in [1.82, 2.24) is 10.2 Å². The van der Waals surface area contributed by atoms with Crippen LogP contribution in [0.5, 0.6) is 5.75 Å². The van der Waals surface area contributed by atoms with Crippen LogP contribution in [0.25, 0.3) is 0 Å². The van der Waals surface area contributed by atoms with Crippen LogP contribution in [0.3, 0.4) is 0 Å². The fourth-order valence-electron chi connectivity index (χ4n) is 5.51. The van der Waals surface area contributed by atoms with Gasteiger partial charge in [0.05, 0.1) is 18.9 Å². The Balaban J connectivity index is 0.000000538. The molecule has 36 heavy (non-hydrogen) atoms. The van der Waals surface area contributed by atoms with Gasteiger partial charge >= 0.3 is 0 Å². The summed E-state index contributed by atoms with van der Waals surface area (Å²) in [6, 6.07) is 9.38. The van der Waals surface area contributed by atoms with E-state index in [1.807, 2.05) is 38.4 Å². The lowest BCUT2D eigenvalue weighted by Crippen LogP contribution is -2.46. The Morgan fingerprint density at radius 2 is 1.86 bits per heavy atom. The molecule has 3 fully saturated rings. The maximum atomic E-state index is 11.2. The van der Waals surface area contributed by atoms with Gasteiger partial charge < -0.3 is 19.7 Å². The largest absolute Gasteiger partial charge is 0.495 e. The van der Waals surface area contributed by atoms with Crippen LogP contribution >= 0.6 is 0 Å². The van der Waals surface area contributed by atoms with Gasteiger partial charge in [-0.2, -0.15) is 0 Å².